The predicted octanol–water partition coefficient (Wildman–Crippen LogP) is 2.64. The van der Waals surface area contributed by atoms with Crippen molar-refractivity contribution >= 4 is 11.6 Å². The highest BCUT2D eigenvalue weighted by Gasteiger charge is 2.27. The lowest BCUT2D eigenvalue weighted by Gasteiger charge is -2.22. The summed E-state index contributed by atoms with van der Waals surface area (Å²) in [5.41, 5.74) is 1.08. The van der Waals surface area contributed by atoms with Gasteiger partial charge < -0.3 is 9.26 Å². The van der Waals surface area contributed by atoms with Crippen molar-refractivity contribution < 1.29 is 9.26 Å². The summed E-state index contributed by atoms with van der Waals surface area (Å²) < 4.78 is 10.7. The van der Waals surface area contributed by atoms with Crippen LogP contribution in [0.4, 0.5) is 0 Å². The average Bonchev–Trinajstić information content (AvgIpc) is 2.75. The number of fused-ring (bicyclic) bond motifs is 1. The maximum absolute atomic E-state index is 5.66. The van der Waals surface area contributed by atoms with Gasteiger partial charge in [0.15, 0.2) is 0 Å². The number of para-hydroxylation sites is 1. The van der Waals surface area contributed by atoms with Crippen LogP contribution in [0.2, 0.25) is 5.28 Å². The summed E-state index contributed by atoms with van der Waals surface area (Å²) in [4.78, 5) is 4.07. The second kappa shape index (κ2) is 3.79. The molecule has 0 amide bonds. The van der Waals surface area contributed by atoms with Crippen LogP contribution >= 0.6 is 11.6 Å². The Hall–Kier alpha value is -1.55. The van der Waals surface area contributed by atoms with Gasteiger partial charge in [0.05, 0.1) is 12.5 Å². The van der Waals surface area contributed by atoms with Gasteiger partial charge in [0.25, 0.3) is 5.28 Å². The number of rotatable bonds is 1. The third kappa shape index (κ3) is 1.55. The molecule has 1 aromatic heterocycles. The molecule has 0 spiro atoms. The lowest BCUT2D eigenvalue weighted by atomic mass is 9.93. The van der Waals surface area contributed by atoms with Gasteiger partial charge in [-0.2, -0.15) is 4.98 Å². The first-order chi connectivity index (χ1) is 7.84. The van der Waals surface area contributed by atoms with E-state index in [4.69, 9.17) is 20.9 Å². The van der Waals surface area contributed by atoms with Crippen molar-refractivity contribution in [3.05, 3.63) is 41.0 Å². The topological polar surface area (TPSA) is 48.2 Å². The molecule has 0 aliphatic carbocycles. The zero-order chi connectivity index (χ0) is 11.0. The SMILES string of the molecule is Clc1noc(C2CCOc3ccccc32)n1. The molecule has 0 saturated heterocycles. The Labute approximate surface area is 97.2 Å². The molecule has 16 heavy (non-hydrogen) atoms. The van der Waals surface area contributed by atoms with Crippen molar-refractivity contribution in [3.8, 4) is 5.75 Å². The Kier molecular flexibility index (Phi) is 2.29. The fourth-order valence-electron chi connectivity index (χ4n) is 1.96. The Bertz CT molecular complexity index is 512. The molecule has 1 aromatic carbocycles. The second-order valence-corrected chi connectivity index (χ2v) is 3.97. The minimum absolute atomic E-state index is 0.0879. The van der Waals surface area contributed by atoms with E-state index in [2.05, 4.69) is 10.1 Å². The van der Waals surface area contributed by atoms with Gasteiger partial charge in [-0.15, -0.1) is 0 Å². The molecule has 82 valence electrons. The van der Waals surface area contributed by atoms with Gasteiger partial charge in [-0.05, 0) is 29.2 Å². The Balaban J connectivity index is 2.04. The normalized spacial score (nSPS) is 18.9. The van der Waals surface area contributed by atoms with Crippen molar-refractivity contribution in [2.24, 2.45) is 0 Å². The molecule has 0 fully saturated rings. The summed E-state index contributed by atoms with van der Waals surface area (Å²) in [6, 6.07) is 7.87. The molecule has 1 atom stereocenters. The van der Waals surface area contributed by atoms with E-state index in [1.165, 1.54) is 0 Å². The maximum atomic E-state index is 5.66. The largest absolute Gasteiger partial charge is 0.493 e. The van der Waals surface area contributed by atoms with Gasteiger partial charge in [-0.25, -0.2) is 0 Å². The van der Waals surface area contributed by atoms with Crippen LogP contribution in [-0.4, -0.2) is 16.7 Å². The van der Waals surface area contributed by atoms with Crippen LogP contribution in [0.5, 0.6) is 5.75 Å². The van der Waals surface area contributed by atoms with E-state index in [0.717, 1.165) is 17.7 Å². The monoisotopic (exact) mass is 236 g/mol. The smallest absolute Gasteiger partial charge is 0.263 e. The zero-order valence-corrected chi connectivity index (χ0v) is 9.15. The number of aromatic nitrogens is 2. The van der Waals surface area contributed by atoms with Crippen molar-refractivity contribution in [1.29, 1.82) is 0 Å². The molecule has 0 N–H and O–H groups in total. The number of ether oxygens (including phenoxy) is 1. The summed E-state index contributed by atoms with van der Waals surface area (Å²) in [6.07, 6.45) is 0.829. The second-order valence-electron chi connectivity index (χ2n) is 3.63. The van der Waals surface area contributed by atoms with Crippen LogP contribution in [0.1, 0.15) is 23.8 Å². The van der Waals surface area contributed by atoms with Gasteiger partial charge in [0.1, 0.15) is 5.75 Å². The van der Waals surface area contributed by atoms with Crippen LogP contribution in [0.3, 0.4) is 0 Å². The highest BCUT2D eigenvalue weighted by atomic mass is 35.5. The van der Waals surface area contributed by atoms with Crippen molar-refractivity contribution in [3.63, 3.8) is 0 Å². The Morgan fingerprint density at radius 1 is 1.31 bits per heavy atom. The van der Waals surface area contributed by atoms with E-state index < -0.39 is 0 Å². The number of hydrogen-bond acceptors (Lipinski definition) is 4. The van der Waals surface area contributed by atoms with Crippen LogP contribution in [0.25, 0.3) is 0 Å². The van der Waals surface area contributed by atoms with E-state index in [9.17, 15) is 0 Å². The molecule has 0 saturated carbocycles. The van der Waals surface area contributed by atoms with Crippen LogP contribution in [0.15, 0.2) is 28.8 Å². The van der Waals surface area contributed by atoms with Crippen molar-refractivity contribution in [2.75, 3.05) is 6.61 Å². The first kappa shape index (κ1) is 9.66. The number of benzene rings is 1. The third-order valence-corrected chi connectivity index (χ3v) is 2.83. The average molecular weight is 237 g/mol. The maximum Gasteiger partial charge on any atom is 0.263 e. The van der Waals surface area contributed by atoms with Crippen LogP contribution in [-0.2, 0) is 0 Å². The third-order valence-electron chi connectivity index (χ3n) is 2.67. The zero-order valence-electron chi connectivity index (χ0n) is 8.39. The van der Waals surface area contributed by atoms with Gasteiger partial charge in [-0.3, -0.25) is 0 Å². The molecule has 5 heteroatoms. The molecular formula is C11H9ClN2O2. The summed E-state index contributed by atoms with van der Waals surface area (Å²) in [5, 5.41) is 3.76. The molecule has 4 nitrogen and oxygen atoms in total. The molecule has 3 rings (SSSR count). The van der Waals surface area contributed by atoms with E-state index in [0.29, 0.717) is 12.5 Å². The molecule has 0 bridgehead atoms. The number of halogens is 1. The fraction of sp³-hybridized carbons (Fsp3) is 0.273. The first-order valence-corrected chi connectivity index (χ1v) is 5.43. The van der Waals surface area contributed by atoms with Crippen LogP contribution < -0.4 is 4.74 Å². The van der Waals surface area contributed by atoms with Gasteiger partial charge >= 0.3 is 0 Å². The van der Waals surface area contributed by atoms with E-state index in [1.54, 1.807) is 0 Å². The summed E-state index contributed by atoms with van der Waals surface area (Å²) in [5.74, 6) is 1.53. The highest BCUT2D eigenvalue weighted by molar-refractivity contribution is 6.28. The fourth-order valence-corrected chi connectivity index (χ4v) is 2.07. The molecule has 1 aliphatic heterocycles. The van der Waals surface area contributed by atoms with Gasteiger partial charge in [0.2, 0.25) is 5.89 Å². The van der Waals surface area contributed by atoms with Gasteiger partial charge in [0, 0.05) is 5.56 Å². The molecule has 2 heterocycles. The number of hydrogen-bond donors (Lipinski definition) is 0. The summed E-state index contributed by atoms with van der Waals surface area (Å²) in [7, 11) is 0. The Morgan fingerprint density at radius 3 is 3.00 bits per heavy atom. The molecule has 1 unspecified atom stereocenters. The van der Waals surface area contributed by atoms with Crippen LogP contribution in [0, 0.1) is 0 Å². The van der Waals surface area contributed by atoms with Crippen molar-refractivity contribution in [2.45, 2.75) is 12.3 Å². The van der Waals surface area contributed by atoms with Gasteiger partial charge in [-0.1, -0.05) is 18.2 Å². The molecule has 2 aromatic rings. The van der Waals surface area contributed by atoms with Crippen molar-refractivity contribution in [1.82, 2.24) is 10.1 Å². The molecule has 0 radical (unpaired) electrons. The highest BCUT2D eigenvalue weighted by Crippen LogP contribution is 2.37. The van der Waals surface area contributed by atoms with E-state index in [-0.39, 0.29) is 11.2 Å². The lowest BCUT2D eigenvalue weighted by Crippen LogP contribution is -2.15. The summed E-state index contributed by atoms with van der Waals surface area (Å²) in [6.45, 7) is 0.654. The standard InChI is InChI=1S/C11H9ClN2O2/c12-11-13-10(16-14-11)8-5-6-15-9-4-2-1-3-7(8)9/h1-4,8H,5-6H2. The molecule has 1 aliphatic rings. The number of nitrogens with zero attached hydrogens (tertiary/aromatic N) is 2. The lowest BCUT2D eigenvalue weighted by molar-refractivity contribution is 0.257. The summed E-state index contributed by atoms with van der Waals surface area (Å²) >= 11 is 5.66. The minimum atomic E-state index is 0.0879. The molecular weight excluding hydrogens is 228 g/mol. The Morgan fingerprint density at radius 2 is 2.19 bits per heavy atom. The quantitative estimate of drug-likeness (QED) is 0.764. The van der Waals surface area contributed by atoms with E-state index >= 15 is 0 Å². The minimum Gasteiger partial charge on any atom is -0.493 e. The first-order valence-electron chi connectivity index (χ1n) is 5.05. The predicted molar refractivity (Wildman–Crippen MR) is 57.7 cm³/mol. The van der Waals surface area contributed by atoms with E-state index in [1.807, 2.05) is 24.3 Å².